The summed E-state index contributed by atoms with van der Waals surface area (Å²) in [5.41, 5.74) is 3.69. The number of aromatic nitrogens is 1. The van der Waals surface area contributed by atoms with Gasteiger partial charge in [0.1, 0.15) is 12.4 Å². The smallest absolute Gasteiger partial charge is 0.226 e. The zero-order valence-electron chi connectivity index (χ0n) is 23.8. The van der Waals surface area contributed by atoms with Gasteiger partial charge in [-0.1, -0.05) is 60.7 Å². The van der Waals surface area contributed by atoms with Crippen LogP contribution in [0.4, 0.5) is 0 Å². The Morgan fingerprint density at radius 3 is 2.24 bits per heavy atom. The molecule has 2 aliphatic carbocycles. The SMILES string of the molecule is O=C(CCC(=O)NCC1CC2C=CC1C2)NCCOc1ccc(-c2ccc(CC(=O)NCc3ccccc3)nc2)cc1. The van der Waals surface area contributed by atoms with E-state index in [0.29, 0.717) is 55.4 Å². The minimum Gasteiger partial charge on any atom is -0.492 e. The number of carbonyl (C=O) groups is 3. The Labute approximate surface area is 247 Å². The van der Waals surface area contributed by atoms with Crippen molar-refractivity contribution in [1.82, 2.24) is 20.9 Å². The van der Waals surface area contributed by atoms with Gasteiger partial charge in [0.2, 0.25) is 17.7 Å². The molecule has 1 aromatic heterocycles. The lowest BCUT2D eigenvalue weighted by molar-refractivity contribution is -0.126. The van der Waals surface area contributed by atoms with E-state index in [1.54, 1.807) is 6.20 Å². The van der Waals surface area contributed by atoms with Gasteiger partial charge < -0.3 is 20.7 Å². The highest BCUT2D eigenvalue weighted by Gasteiger charge is 2.35. The monoisotopic (exact) mass is 566 g/mol. The molecule has 3 amide bonds. The summed E-state index contributed by atoms with van der Waals surface area (Å²) >= 11 is 0. The Bertz CT molecular complexity index is 1370. The molecule has 3 aromatic rings. The summed E-state index contributed by atoms with van der Waals surface area (Å²) in [6.45, 7) is 1.90. The third-order valence-corrected chi connectivity index (χ3v) is 7.94. The van der Waals surface area contributed by atoms with E-state index in [4.69, 9.17) is 4.74 Å². The Balaban J connectivity index is 0.949. The Kier molecular flexibility index (Phi) is 9.98. The first-order valence-electron chi connectivity index (χ1n) is 14.7. The molecule has 3 N–H and O–H groups in total. The van der Waals surface area contributed by atoms with Crippen LogP contribution in [0.15, 0.2) is 85.1 Å². The van der Waals surface area contributed by atoms with E-state index in [1.165, 1.54) is 6.42 Å². The number of hydrogen-bond donors (Lipinski definition) is 3. The van der Waals surface area contributed by atoms with Crippen molar-refractivity contribution >= 4 is 17.7 Å². The number of amides is 3. The van der Waals surface area contributed by atoms with Crippen LogP contribution in [-0.4, -0.2) is 42.4 Å². The maximum atomic E-state index is 12.3. The standard InChI is InChI=1S/C34H38N4O4/c39-32(14-15-33(40)38-23-29-19-25-6-7-27(29)18-25)35-16-17-42-31-12-9-26(10-13-31)28-8-11-30(36-22-28)20-34(41)37-21-24-4-2-1-3-5-24/h1-13,22,25,27,29H,14-21,23H2,(H,35,39)(H,37,41)(H,38,40). The second-order valence-corrected chi connectivity index (χ2v) is 11.0. The van der Waals surface area contributed by atoms with Crippen LogP contribution in [0.5, 0.6) is 5.75 Å². The molecule has 218 valence electrons. The van der Waals surface area contributed by atoms with Crippen molar-refractivity contribution in [2.45, 2.75) is 38.6 Å². The average molecular weight is 567 g/mol. The van der Waals surface area contributed by atoms with E-state index in [9.17, 15) is 14.4 Å². The van der Waals surface area contributed by atoms with E-state index in [-0.39, 0.29) is 37.0 Å². The summed E-state index contributed by atoms with van der Waals surface area (Å²) in [5.74, 6) is 2.24. The molecule has 2 aliphatic rings. The zero-order valence-corrected chi connectivity index (χ0v) is 23.8. The van der Waals surface area contributed by atoms with E-state index < -0.39 is 0 Å². The van der Waals surface area contributed by atoms with Crippen LogP contribution in [0.1, 0.15) is 36.9 Å². The van der Waals surface area contributed by atoms with Gasteiger partial charge in [-0.05, 0) is 59.9 Å². The average Bonchev–Trinajstić information content (AvgIpc) is 3.65. The molecule has 8 heteroatoms. The fourth-order valence-electron chi connectivity index (χ4n) is 5.60. The first-order chi connectivity index (χ1) is 20.5. The molecule has 1 heterocycles. The van der Waals surface area contributed by atoms with Gasteiger partial charge in [0, 0.05) is 43.4 Å². The van der Waals surface area contributed by atoms with Crippen molar-refractivity contribution in [3.05, 3.63) is 96.3 Å². The number of allylic oxidation sites excluding steroid dienone is 2. The Morgan fingerprint density at radius 2 is 1.55 bits per heavy atom. The van der Waals surface area contributed by atoms with Crippen molar-refractivity contribution in [2.24, 2.45) is 17.8 Å². The number of nitrogens with zero attached hydrogens (tertiary/aromatic N) is 1. The number of hydrogen-bond acceptors (Lipinski definition) is 5. The van der Waals surface area contributed by atoms with Crippen LogP contribution in [0.25, 0.3) is 11.1 Å². The van der Waals surface area contributed by atoms with Gasteiger partial charge in [0.15, 0.2) is 0 Å². The summed E-state index contributed by atoms with van der Waals surface area (Å²) in [7, 11) is 0. The second-order valence-electron chi connectivity index (χ2n) is 11.0. The highest BCUT2D eigenvalue weighted by atomic mass is 16.5. The molecule has 42 heavy (non-hydrogen) atoms. The number of pyridine rings is 1. The molecular formula is C34H38N4O4. The number of fused-ring (bicyclic) bond motifs is 2. The molecule has 0 radical (unpaired) electrons. The minimum absolute atomic E-state index is 0.0672. The summed E-state index contributed by atoms with van der Waals surface area (Å²) in [6.07, 6.45) is 9.31. The summed E-state index contributed by atoms with van der Waals surface area (Å²) in [4.78, 5) is 41.0. The maximum Gasteiger partial charge on any atom is 0.226 e. The molecule has 2 aromatic carbocycles. The van der Waals surface area contributed by atoms with E-state index in [0.717, 1.165) is 23.1 Å². The Morgan fingerprint density at radius 1 is 0.786 bits per heavy atom. The van der Waals surface area contributed by atoms with E-state index >= 15 is 0 Å². The van der Waals surface area contributed by atoms with Crippen LogP contribution in [0.2, 0.25) is 0 Å². The van der Waals surface area contributed by atoms with Gasteiger partial charge in [0.25, 0.3) is 0 Å². The molecule has 8 nitrogen and oxygen atoms in total. The van der Waals surface area contributed by atoms with Crippen molar-refractivity contribution in [2.75, 3.05) is 19.7 Å². The first kappa shape index (κ1) is 29.0. The molecule has 2 bridgehead atoms. The number of nitrogens with one attached hydrogen (secondary N) is 3. The predicted octanol–water partition coefficient (Wildman–Crippen LogP) is 4.21. The first-order valence-corrected chi connectivity index (χ1v) is 14.7. The molecule has 0 aliphatic heterocycles. The fraction of sp³-hybridized carbons (Fsp3) is 0.353. The van der Waals surface area contributed by atoms with Crippen LogP contribution in [-0.2, 0) is 27.3 Å². The van der Waals surface area contributed by atoms with Crippen LogP contribution in [0, 0.1) is 17.8 Å². The van der Waals surface area contributed by atoms with Gasteiger partial charge in [-0.15, -0.1) is 0 Å². The third kappa shape index (κ3) is 8.52. The zero-order chi connectivity index (χ0) is 29.1. The normalized spacial score (nSPS) is 18.4. The van der Waals surface area contributed by atoms with Crippen LogP contribution < -0.4 is 20.7 Å². The molecule has 0 saturated heterocycles. The largest absolute Gasteiger partial charge is 0.492 e. The van der Waals surface area contributed by atoms with Crippen LogP contribution in [0.3, 0.4) is 0 Å². The van der Waals surface area contributed by atoms with Crippen molar-refractivity contribution in [3.63, 3.8) is 0 Å². The molecule has 1 fully saturated rings. The maximum absolute atomic E-state index is 12.3. The number of rotatable bonds is 14. The van der Waals surface area contributed by atoms with Gasteiger partial charge in [-0.25, -0.2) is 0 Å². The van der Waals surface area contributed by atoms with Gasteiger partial charge >= 0.3 is 0 Å². The van der Waals surface area contributed by atoms with Gasteiger partial charge in [-0.2, -0.15) is 0 Å². The van der Waals surface area contributed by atoms with E-state index in [1.807, 2.05) is 66.7 Å². The van der Waals surface area contributed by atoms with Crippen molar-refractivity contribution in [1.29, 1.82) is 0 Å². The highest BCUT2D eigenvalue weighted by molar-refractivity contribution is 5.83. The van der Waals surface area contributed by atoms with Gasteiger partial charge in [0.05, 0.1) is 13.0 Å². The lowest BCUT2D eigenvalue weighted by Gasteiger charge is -2.18. The topological polar surface area (TPSA) is 109 Å². The highest BCUT2D eigenvalue weighted by Crippen LogP contribution is 2.42. The molecule has 0 spiro atoms. The summed E-state index contributed by atoms with van der Waals surface area (Å²) in [5, 5.41) is 8.72. The fourth-order valence-corrected chi connectivity index (χ4v) is 5.60. The molecular weight excluding hydrogens is 528 g/mol. The molecule has 1 saturated carbocycles. The second kappa shape index (κ2) is 14.4. The third-order valence-electron chi connectivity index (χ3n) is 7.94. The lowest BCUT2D eigenvalue weighted by atomic mass is 9.93. The predicted molar refractivity (Wildman–Crippen MR) is 161 cm³/mol. The number of benzene rings is 2. The Hall–Kier alpha value is -4.46. The number of ether oxygens (including phenoxy) is 1. The lowest BCUT2D eigenvalue weighted by Crippen LogP contribution is -2.33. The minimum atomic E-state index is -0.156. The van der Waals surface area contributed by atoms with Gasteiger partial charge in [-0.3, -0.25) is 19.4 Å². The molecule has 5 rings (SSSR count). The van der Waals surface area contributed by atoms with Crippen molar-refractivity contribution < 1.29 is 19.1 Å². The molecule has 3 atom stereocenters. The quantitative estimate of drug-likeness (QED) is 0.200. The summed E-state index contributed by atoms with van der Waals surface area (Å²) < 4.78 is 5.75. The summed E-state index contributed by atoms with van der Waals surface area (Å²) in [6, 6.07) is 21.3. The van der Waals surface area contributed by atoms with Crippen LogP contribution >= 0.6 is 0 Å². The number of carbonyl (C=O) groups excluding carboxylic acids is 3. The van der Waals surface area contributed by atoms with E-state index in [2.05, 4.69) is 33.1 Å². The van der Waals surface area contributed by atoms with Crippen molar-refractivity contribution in [3.8, 4) is 16.9 Å². The molecule has 3 unspecified atom stereocenters.